The van der Waals surface area contributed by atoms with Gasteiger partial charge in [-0.05, 0) is 23.8 Å². The van der Waals surface area contributed by atoms with Gasteiger partial charge in [-0.1, -0.05) is 19.9 Å². The lowest BCUT2D eigenvalue weighted by Gasteiger charge is -2.23. The van der Waals surface area contributed by atoms with Gasteiger partial charge >= 0.3 is 0 Å². The summed E-state index contributed by atoms with van der Waals surface area (Å²) in [6.07, 6.45) is 1.11. The number of amides is 2. The van der Waals surface area contributed by atoms with E-state index in [0.29, 0.717) is 31.8 Å². The second-order valence-corrected chi connectivity index (χ2v) is 6.33. The molecule has 0 unspecified atom stereocenters. The van der Waals surface area contributed by atoms with Crippen molar-refractivity contribution in [3.8, 4) is 0 Å². The molecule has 1 aliphatic heterocycles. The number of thiophene rings is 1. The smallest absolute Gasteiger partial charge is 0.242 e. The van der Waals surface area contributed by atoms with E-state index >= 15 is 0 Å². The highest BCUT2D eigenvalue weighted by Gasteiger charge is 2.35. The summed E-state index contributed by atoms with van der Waals surface area (Å²) in [5.41, 5.74) is 0. The highest BCUT2D eigenvalue weighted by atomic mass is 32.1. The van der Waals surface area contributed by atoms with Gasteiger partial charge < -0.3 is 10.2 Å². The first kappa shape index (κ1) is 14.1. The topological polar surface area (TPSA) is 49.4 Å². The van der Waals surface area contributed by atoms with Crippen LogP contribution in [0, 0.1) is 5.92 Å². The SMILES string of the molecule is CC(C)CNC(=O)[C@H]1CCC(=O)N1Cc1cccs1. The maximum Gasteiger partial charge on any atom is 0.242 e. The lowest BCUT2D eigenvalue weighted by Crippen LogP contribution is -2.45. The first-order valence-corrected chi connectivity index (χ1v) is 7.55. The second-order valence-electron chi connectivity index (χ2n) is 5.29. The van der Waals surface area contributed by atoms with Gasteiger partial charge in [-0.3, -0.25) is 9.59 Å². The van der Waals surface area contributed by atoms with E-state index in [2.05, 4.69) is 19.2 Å². The van der Waals surface area contributed by atoms with E-state index in [-0.39, 0.29) is 17.9 Å². The number of nitrogens with one attached hydrogen (secondary N) is 1. The molecule has 1 aromatic rings. The first-order chi connectivity index (χ1) is 9.08. The van der Waals surface area contributed by atoms with Gasteiger partial charge in [0.15, 0.2) is 0 Å². The van der Waals surface area contributed by atoms with Crippen LogP contribution in [0.25, 0.3) is 0 Å². The number of rotatable bonds is 5. The Morgan fingerprint density at radius 1 is 1.58 bits per heavy atom. The molecule has 1 aliphatic rings. The minimum Gasteiger partial charge on any atom is -0.354 e. The molecule has 2 amide bonds. The van der Waals surface area contributed by atoms with Crippen LogP contribution in [0.4, 0.5) is 0 Å². The Hall–Kier alpha value is -1.36. The molecular weight excluding hydrogens is 260 g/mol. The molecule has 5 heteroatoms. The van der Waals surface area contributed by atoms with Gasteiger partial charge in [0.05, 0.1) is 6.54 Å². The van der Waals surface area contributed by atoms with Crippen molar-refractivity contribution >= 4 is 23.2 Å². The van der Waals surface area contributed by atoms with E-state index in [1.807, 2.05) is 17.5 Å². The van der Waals surface area contributed by atoms with Crippen molar-refractivity contribution in [1.82, 2.24) is 10.2 Å². The lowest BCUT2D eigenvalue weighted by atomic mass is 10.2. The van der Waals surface area contributed by atoms with Crippen LogP contribution in [-0.2, 0) is 16.1 Å². The Labute approximate surface area is 117 Å². The second kappa shape index (κ2) is 6.19. The largest absolute Gasteiger partial charge is 0.354 e. The van der Waals surface area contributed by atoms with Gasteiger partial charge in [0.1, 0.15) is 6.04 Å². The Kier molecular flexibility index (Phi) is 4.58. The first-order valence-electron chi connectivity index (χ1n) is 6.67. The molecule has 0 saturated carbocycles. The number of carbonyl (C=O) groups excluding carboxylic acids is 2. The van der Waals surface area contributed by atoms with E-state index in [9.17, 15) is 9.59 Å². The van der Waals surface area contributed by atoms with Crippen LogP contribution >= 0.6 is 11.3 Å². The molecule has 4 nitrogen and oxygen atoms in total. The number of carbonyl (C=O) groups is 2. The predicted octanol–water partition coefficient (Wildman–Crippen LogP) is 2.01. The zero-order valence-electron chi connectivity index (χ0n) is 11.4. The van der Waals surface area contributed by atoms with Crippen LogP contribution in [0.15, 0.2) is 17.5 Å². The predicted molar refractivity (Wildman–Crippen MR) is 75.7 cm³/mol. The fourth-order valence-corrected chi connectivity index (χ4v) is 2.90. The molecule has 2 heterocycles. The summed E-state index contributed by atoms with van der Waals surface area (Å²) in [7, 11) is 0. The highest BCUT2D eigenvalue weighted by Crippen LogP contribution is 2.23. The Balaban J connectivity index is 1.98. The van der Waals surface area contributed by atoms with Crippen molar-refractivity contribution in [2.24, 2.45) is 5.92 Å². The van der Waals surface area contributed by atoms with Crippen molar-refractivity contribution in [3.05, 3.63) is 22.4 Å². The van der Waals surface area contributed by atoms with Crippen LogP contribution in [0.2, 0.25) is 0 Å². The van der Waals surface area contributed by atoms with Crippen LogP contribution in [0.5, 0.6) is 0 Å². The molecule has 0 aromatic carbocycles. The molecule has 0 spiro atoms. The van der Waals surface area contributed by atoms with Gasteiger partial charge in [0.25, 0.3) is 0 Å². The molecule has 1 atom stereocenters. The standard InChI is InChI=1S/C14H20N2O2S/c1-10(2)8-15-14(18)12-5-6-13(17)16(12)9-11-4-3-7-19-11/h3-4,7,10,12H,5-6,8-9H2,1-2H3,(H,15,18)/t12-/m1/s1. The number of hydrogen-bond donors (Lipinski definition) is 1. The van der Waals surface area contributed by atoms with E-state index < -0.39 is 0 Å². The summed E-state index contributed by atoms with van der Waals surface area (Å²) in [6, 6.07) is 3.67. The third-order valence-corrected chi connectivity index (χ3v) is 4.08. The zero-order valence-corrected chi connectivity index (χ0v) is 12.2. The van der Waals surface area contributed by atoms with Crippen LogP contribution in [0.3, 0.4) is 0 Å². The van der Waals surface area contributed by atoms with Crippen molar-refractivity contribution in [1.29, 1.82) is 0 Å². The van der Waals surface area contributed by atoms with Gasteiger partial charge in [-0.25, -0.2) is 0 Å². The summed E-state index contributed by atoms with van der Waals surface area (Å²) in [5, 5.41) is 4.91. The molecule has 104 valence electrons. The van der Waals surface area contributed by atoms with E-state index in [1.54, 1.807) is 16.2 Å². The molecule has 0 bridgehead atoms. The van der Waals surface area contributed by atoms with Gasteiger partial charge in [0.2, 0.25) is 11.8 Å². The van der Waals surface area contributed by atoms with Gasteiger partial charge in [-0.2, -0.15) is 0 Å². The van der Waals surface area contributed by atoms with Crippen molar-refractivity contribution in [3.63, 3.8) is 0 Å². The molecular formula is C14H20N2O2S. The summed E-state index contributed by atoms with van der Waals surface area (Å²) < 4.78 is 0. The van der Waals surface area contributed by atoms with Crippen molar-refractivity contribution in [2.75, 3.05) is 6.54 Å². The lowest BCUT2D eigenvalue weighted by molar-refractivity contribution is -0.135. The summed E-state index contributed by atoms with van der Waals surface area (Å²) in [4.78, 5) is 26.9. The number of likely N-dealkylation sites (tertiary alicyclic amines) is 1. The average Bonchev–Trinajstić information content (AvgIpc) is 2.98. The summed E-state index contributed by atoms with van der Waals surface area (Å²) >= 11 is 1.62. The maximum atomic E-state index is 12.1. The monoisotopic (exact) mass is 280 g/mol. The molecule has 2 rings (SSSR count). The number of nitrogens with zero attached hydrogens (tertiary/aromatic N) is 1. The minimum atomic E-state index is -0.298. The quantitative estimate of drug-likeness (QED) is 0.897. The molecule has 1 N–H and O–H groups in total. The van der Waals surface area contributed by atoms with Crippen LogP contribution < -0.4 is 5.32 Å². The van der Waals surface area contributed by atoms with Gasteiger partial charge in [0, 0.05) is 17.8 Å². The Bertz CT molecular complexity index is 442. The van der Waals surface area contributed by atoms with E-state index in [0.717, 1.165) is 4.88 Å². The van der Waals surface area contributed by atoms with Gasteiger partial charge in [-0.15, -0.1) is 11.3 Å². The Morgan fingerprint density at radius 3 is 3.00 bits per heavy atom. The van der Waals surface area contributed by atoms with Crippen LogP contribution in [-0.4, -0.2) is 29.3 Å². The Morgan fingerprint density at radius 2 is 2.37 bits per heavy atom. The number of hydrogen-bond acceptors (Lipinski definition) is 3. The normalized spacial score (nSPS) is 19.2. The fraction of sp³-hybridized carbons (Fsp3) is 0.571. The molecule has 1 fully saturated rings. The average molecular weight is 280 g/mol. The third-order valence-electron chi connectivity index (χ3n) is 3.22. The van der Waals surface area contributed by atoms with Crippen molar-refractivity contribution in [2.45, 2.75) is 39.3 Å². The third kappa shape index (κ3) is 3.56. The summed E-state index contributed by atoms with van der Waals surface area (Å²) in [5.74, 6) is 0.487. The molecule has 0 radical (unpaired) electrons. The fourth-order valence-electron chi connectivity index (χ4n) is 2.20. The maximum absolute atomic E-state index is 12.1. The van der Waals surface area contributed by atoms with E-state index in [4.69, 9.17) is 0 Å². The summed E-state index contributed by atoms with van der Waals surface area (Å²) in [6.45, 7) is 5.33. The van der Waals surface area contributed by atoms with E-state index in [1.165, 1.54) is 0 Å². The zero-order chi connectivity index (χ0) is 13.8. The molecule has 1 saturated heterocycles. The highest BCUT2D eigenvalue weighted by molar-refractivity contribution is 7.09. The molecule has 19 heavy (non-hydrogen) atoms. The molecule has 0 aliphatic carbocycles. The minimum absolute atomic E-state index is 0.0175. The van der Waals surface area contributed by atoms with Crippen molar-refractivity contribution < 1.29 is 9.59 Å². The van der Waals surface area contributed by atoms with Crippen LogP contribution in [0.1, 0.15) is 31.6 Å². The molecule has 1 aromatic heterocycles.